The number of aliphatic hydroxyl groups is 10. The van der Waals surface area contributed by atoms with Crippen molar-refractivity contribution in [1.82, 2.24) is 0 Å². The first-order valence-electron chi connectivity index (χ1n) is 10.1. The van der Waals surface area contributed by atoms with E-state index in [2.05, 4.69) is 0 Å². The van der Waals surface area contributed by atoms with Gasteiger partial charge in [0.2, 0.25) is 0 Å². The first-order chi connectivity index (χ1) is 16.6. The number of aliphatic carboxylic acids is 3. The number of hydrogen-bond donors (Lipinski definition) is 10. The SMILES string of the molecule is O.O.O=C([O-])CC(O)(CC(=O)[O-])C(=O)[O-].OC[C@@H](O)[C@@H](O[C@@H]1O[C@H](CO)[C@H](O)[C@H](O)[C@H]1O)[C@H](O)[C@@H](O)CO.[Na+].[Na+].[Na+]. The molecule has 228 valence electrons. The second-order valence-corrected chi connectivity index (χ2v) is 7.71. The third kappa shape index (κ3) is 17.8. The first-order valence-corrected chi connectivity index (χ1v) is 10.1. The van der Waals surface area contributed by atoms with Gasteiger partial charge in [-0.1, -0.05) is 0 Å². The van der Waals surface area contributed by atoms with Crippen molar-refractivity contribution >= 4 is 17.9 Å². The number of carboxylic acid groups (broad SMARTS) is 3. The van der Waals surface area contributed by atoms with Gasteiger partial charge in [0.1, 0.15) is 54.4 Å². The zero-order valence-electron chi connectivity index (χ0n) is 22.5. The molecule has 0 saturated carbocycles. The third-order valence-electron chi connectivity index (χ3n) is 4.88. The summed E-state index contributed by atoms with van der Waals surface area (Å²) >= 11 is 0. The molecule has 20 nitrogen and oxygen atoms in total. The van der Waals surface area contributed by atoms with Crippen LogP contribution in [0.5, 0.6) is 0 Å². The second kappa shape index (κ2) is 26.1. The quantitative estimate of drug-likeness (QED) is 0.0837. The minimum Gasteiger partial charge on any atom is -0.550 e. The fourth-order valence-corrected chi connectivity index (χ4v) is 2.85. The van der Waals surface area contributed by atoms with Gasteiger partial charge in [0.15, 0.2) is 6.29 Å². The monoisotopic (exact) mass is 638 g/mol. The zero-order chi connectivity index (χ0) is 28.4. The van der Waals surface area contributed by atoms with Crippen molar-refractivity contribution in [1.29, 1.82) is 0 Å². The molecule has 1 aliphatic rings. The summed E-state index contributed by atoms with van der Waals surface area (Å²) in [5, 5.41) is 124. The van der Waals surface area contributed by atoms with E-state index >= 15 is 0 Å². The normalized spacial score (nSPS) is 24.3. The predicted molar refractivity (Wildman–Crippen MR) is 107 cm³/mol. The van der Waals surface area contributed by atoms with Crippen molar-refractivity contribution < 1.29 is 190 Å². The summed E-state index contributed by atoms with van der Waals surface area (Å²) in [5.74, 6) is -5.98. The van der Waals surface area contributed by atoms with Crippen LogP contribution in [0, 0.1) is 0 Å². The number of rotatable bonds is 13. The zero-order valence-corrected chi connectivity index (χ0v) is 28.5. The number of carbonyl (C=O) groups excluding carboxylic acids is 3. The summed E-state index contributed by atoms with van der Waals surface area (Å²) < 4.78 is 10.1. The Bertz CT molecular complexity index is 701. The van der Waals surface area contributed by atoms with Gasteiger partial charge < -0.3 is 101 Å². The maximum Gasteiger partial charge on any atom is 1.00 e. The summed E-state index contributed by atoms with van der Waals surface area (Å²) in [6.07, 6.45) is -17.8. The number of hydrogen-bond acceptors (Lipinski definition) is 18. The maximum atomic E-state index is 10.1. The maximum absolute atomic E-state index is 10.1. The molecule has 0 bridgehead atoms. The van der Waals surface area contributed by atoms with Crippen LogP contribution in [0.4, 0.5) is 0 Å². The van der Waals surface area contributed by atoms with Gasteiger partial charge in [0.25, 0.3) is 0 Å². The second-order valence-electron chi connectivity index (χ2n) is 7.71. The van der Waals surface area contributed by atoms with Crippen LogP contribution < -0.4 is 104 Å². The standard InChI is InChI=1S/C12H24O11.C6H8O7.3Na.2H2O/c13-1-4(16)7(18)11(5(17)2-14)23-12-10(21)9(20)8(19)6(3-15)22-12;7-3(8)1-6(13,5(11)12)2-4(9)10;;;;;/h4-21H,1-3H2;13H,1-2H2,(H,7,8)(H,9,10)(H,11,12);;;;2*1H2/q;;3*+1;;/p-3/t4-,5+,6+,7+,8-,9-,10+,11+,12-;;;;;;/m0....../s1. The Kier molecular flexibility index (Phi) is 34.6. The van der Waals surface area contributed by atoms with Gasteiger partial charge >= 0.3 is 88.7 Å². The fourth-order valence-electron chi connectivity index (χ4n) is 2.85. The minimum absolute atomic E-state index is 0. The molecule has 1 rings (SSSR count). The van der Waals surface area contributed by atoms with E-state index in [0.717, 1.165) is 0 Å². The molecule has 0 aromatic carbocycles. The summed E-state index contributed by atoms with van der Waals surface area (Å²) in [4.78, 5) is 30.0. The Labute approximate surface area is 298 Å². The van der Waals surface area contributed by atoms with E-state index in [0.29, 0.717) is 0 Å². The van der Waals surface area contributed by atoms with Gasteiger partial charge in [-0.3, -0.25) is 0 Å². The molecule has 0 amide bonds. The Morgan fingerprint density at radius 3 is 1.51 bits per heavy atom. The molecule has 0 radical (unpaired) electrons. The van der Waals surface area contributed by atoms with E-state index in [1.807, 2.05) is 0 Å². The van der Waals surface area contributed by atoms with Gasteiger partial charge in [-0.15, -0.1) is 0 Å². The van der Waals surface area contributed by atoms with E-state index in [1.54, 1.807) is 0 Å². The van der Waals surface area contributed by atoms with E-state index in [1.165, 1.54) is 0 Å². The smallest absolute Gasteiger partial charge is 0.550 e. The average Bonchev–Trinajstić information content (AvgIpc) is 2.80. The van der Waals surface area contributed by atoms with Gasteiger partial charge in [-0.25, -0.2) is 0 Å². The fraction of sp³-hybridized carbons (Fsp3) is 0.833. The Hall–Kier alpha value is 0.850. The molecule has 9 atom stereocenters. The van der Waals surface area contributed by atoms with E-state index in [9.17, 15) is 60.3 Å². The molecule has 0 unspecified atom stereocenters. The minimum atomic E-state index is -2.97. The Balaban J connectivity index is -0.000000149. The predicted octanol–water partition coefficient (Wildman–Crippen LogP) is -21.7. The largest absolute Gasteiger partial charge is 1.00 e. The van der Waals surface area contributed by atoms with E-state index in [-0.39, 0.29) is 99.6 Å². The van der Waals surface area contributed by atoms with Crippen LogP contribution in [0.3, 0.4) is 0 Å². The van der Waals surface area contributed by atoms with Crippen LogP contribution in [0.15, 0.2) is 0 Å². The summed E-state index contributed by atoms with van der Waals surface area (Å²) in [6.45, 7) is -2.45. The summed E-state index contributed by atoms with van der Waals surface area (Å²) in [6, 6.07) is 0. The van der Waals surface area contributed by atoms with Crippen LogP contribution >= 0.6 is 0 Å². The summed E-state index contributed by atoms with van der Waals surface area (Å²) in [7, 11) is 0. The molecule has 41 heavy (non-hydrogen) atoms. The van der Waals surface area contributed by atoms with Crippen LogP contribution in [0.25, 0.3) is 0 Å². The molecule has 1 fully saturated rings. The first kappa shape index (κ1) is 54.3. The van der Waals surface area contributed by atoms with E-state index < -0.39 is 111 Å². The van der Waals surface area contributed by atoms with Crippen LogP contribution in [-0.4, -0.2) is 160 Å². The van der Waals surface area contributed by atoms with E-state index in [4.69, 9.17) is 29.9 Å². The number of aliphatic hydroxyl groups excluding tert-OH is 9. The van der Waals surface area contributed by atoms with Crippen molar-refractivity contribution in [2.75, 3.05) is 19.8 Å². The van der Waals surface area contributed by atoms with Gasteiger partial charge in [-0.05, 0) is 0 Å². The molecular weight excluding hydrogens is 605 g/mol. The van der Waals surface area contributed by atoms with Crippen molar-refractivity contribution in [2.24, 2.45) is 0 Å². The molecule has 23 heteroatoms. The molecule has 1 saturated heterocycles. The number of carbonyl (C=O) groups is 3. The Morgan fingerprint density at radius 2 is 1.20 bits per heavy atom. The molecule has 1 heterocycles. The number of ether oxygens (including phenoxy) is 2. The van der Waals surface area contributed by atoms with Crippen LogP contribution in [0.2, 0.25) is 0 Å². The van der Waals surface area contributed by atoms with Crippen molar-refractivity contribution in [3.05, 3.63) is 0 Å². The molecule has 0 aromatic heterocycles. The van der Waals surface area contributed by atoms with Crippen LogP contribution in [0.1, 0.15) is 12.8 Å². The molecule has 0 spiro atoms. The van der Waals surface area contributed by atoms with Crippen molar-refractivity contribution in [3.63, 3.8) is 0 Å². The molecular formula is C18H33Na3O20. The molecule has 1 aliphatic heterocycles. The van der Waals surface area contributed by atoms with Crippen molar-refractivity contribution in [2.45, 2.75) is 73.6 Å². The van der Waals surface area contributed by atoms with Gasteiger partial charge in [-0.2, -0.15) is 0 Å². The van der Waals surface area contributed by atoms with Crippen molar-refractivity contribution in [3.8, 4) is 0 Å². The van der Waals surface area contributed by atoms with Crippen LogP contribution in [-0.2, 0) is 23.9 Å². The molecule has 14 N–H and O–H groups in total. The van der Waals surface area contributed by atoms with Gasteiger partial charge in [0, 0.05) is 24.8 Å². The number of carboxylic acids is 3. The summed E-state index contributed by atoms with van der Waals surface area (Å²) in [5.41, 5.74) is -2.97. The molecule has 0 aliphatic carbocycles. The average molecular weight is 638 g/mol. The molecule has 0 aromatic rings. The van der Waals surface area contributed by atoms with Gasteiger partial charge in [0.05, 0.1) is 25.8 Å². The Morgan fingerprint density at radius 1 is 0.780 bits per heavy atom. The topological polar surface area (TPSA) is 404 Å². The third-order valence-corrected chi connectivity index (χ3v) is 4.88.